The summed E-state index contributed by atoms with van der Waals surface area (Å²) in [5.41, 5.74) is 2.14. The van der Waals surface area contributed by atoms with E-state index >= 15 is 0 Å². The van der Waals surface area contributed by atoms with Crippen LogP contribution in [0.25, 0.3) is 0 Å². The van der Waals surface area contributed by atoms with Crippen molar-refractivity contribution in [3.05, 3.63) is 62.9 Å². The number of halogens is 4. The maximum atomic E-state index is 13.7. The molecule has 1 nitrogen and oxygen atoms in total. The van der Waals surface area contributed by atoms with Crippen molar-refractivity contribution in [3.8, 4) is 5.75 Å². The number of rotatable bonds is 3. The number of methoxy groups -OCH3 is 1. The zero-order valence-corrected chi connectivity index (χ0v) is 14.0. The van der Waals surface area contributed by atoms with Crippen LogP contribution >= 0.6 is 39.1 Å². The first-order chi connectivity index (χ1) is 9.43. The summed E-state index contributed by atoms with van der Waals surface area (Å²) in [7, 11) is 1.53. The zero-order chi connectivity index (χ0) is 14.9. The van der Waals surface area contributed by atoms with Crippen LogP contribution in [0.15, 0.2) is 30.3 Å². The highest BCUT2D eigenvalue weighted by Gasteiger charge is 2.17. The molecule has 0 amide bonds. The molecule has 0 saturated heterocycles. The second-order valence-corrected chi connectivity index (χ2v) is 6.11. The Kier molecular flexibility index (Phi) is 4.95. The minimum absolute atomic E-state index is 0.242. The molecular weight excluding hydrogens is 366 g/mol. The molecular formula is C15H12BrCl2FO. The Balaban J connectivity index is 2.45. The van der Waals surface area contributed by atoms with Gasteiger partial charge in [0.2, 0.25) is 0 Å². The van der Waals surface area contributed by atoms with E-state index in [2.05, 4.69) is 15.9 Å². The highest BCUT2D eigenvalue weighted by atomic mass is 79.9. The predicted octanol–water partition coefficient (Wildman–Crippen LogP) is 5.93. The van der Waals surface area contributed by atoms with Crippen LogP contribution in [0.5, 0.6) is 5.75 Å². The molecule has 0 aliphatic carbocycles. The molecule has 0 N–H and O–H groups in total. The molecule has 2 aromatic carbocycles. The van der Waals surface area contributed by atoms with Gasteiger partial charge in [0.25, 0.3) is 0 Å². The molecule has 0 saturated carbocycles. The normalized spacial score (nSPS) is 12.3. The van der Waals surface area contributed by atoms with Crippen molar-refractivity contribution in [2.24, 2.45) is 0 Å². The van der Waals surface area contributed by atoms with E-state index in [4.69, 9.17) is 27.9 Å². The molecule has 0 spiro atoms. The lowest BCUT2D eigenvalue weighted by Gasteiger charge is -2.15. The number of aryl methyl sites for hydroxylation is 1. The summed E-state index contributed by atoms with van der Waals surface area (Å²) in [5, 5.41) is 0.970. The number of hydrogen-bond acceptors (Lipinski definition) is 1. The van der Waals surface area contributed by atoms with Crippen molar-refractivity contribution in [1.29, 1.82) is 0 Å². The summed E-state index contributed by atoms with van der Waals surface area (Å²) < 4.78 is 18.8. The SMILES string of the molecule is COc1cc(Cl)c(C(Br)c2ccc(C)c(F)c2)cc1Cl. The summed E-state index contributed by atoms with van der Waals surface area (Å²) >= 11 is 15.9. The van der Waals surface area contributed by atoms with Gasteiger partial charge in [-0.25, -0.2) is 4.39 Å². The lowest BCUT2D eigenvalue weighted by Crippen LogP contribution is -1.97. The largest absolute Gasteiger partial charge is 0.495 e. The van der Waals surface area contributed by atoms with Gasteiger partial charge in [0.05, 0.1) is 17.0 Å². The topological polar surface area (TPSA) is 9.23 Å². The van der Waals surface area contributed by atoms with Gasteiger partial charge in [0.1, 0.15) is 11.6 Å². The van der Waals surface area contributed by atoms with Crippen molar-refractivity contribution in [1.82, 2.24) is 0 Å². The molecule has 0 radical (unpaired) electrons. The lowest BCUT2D eigenvalue weighted by molar-refractivity contribution is 0.415. The van der Waals surface area contributed by atoms with E-state index in [1.807, 2.05) is 6.07 Å². The number of ether oxygens (including phenoxy) is 1. The van der Waals surface area contributed by atoms with E-state index in [0.29, 0.717) is 21.4 Å². The van der Waals surface area contributed by atoms with Gasteiger partial charge in [0, 0.05) is 11.1 Å². The van der Waals surface area contributed by atoms with Crippen molar-refractivity contribution in [2.75, 3.05) is 7.11 Å². The van der Waals surface area contributed by atoms with Gasteiger partial charge in [-0.3, -0.25) is 0 Å². The Morgan fingerprint density at radius 2 is 1.85 bits per heavy atom. The number of hydrogen-bond donors (Lipinski definition) is 0. The molecule has 0 aliphatic heterocycles. The van der Waals surface area contributed by atoms with E-state index < -0.39 is 0 Å². The standard InChI is InChI=1S/C15H12BrCl2FO/c1-8-3-4-9(5-13(8)19)15(16)10-6-12(18)14(20-2)7-11(10)17/h3-7,15H,1-2H3. The summed E-state index contributed by atoms with van der Waals surface area (Å²) in [5.74, 6) is 0.262. The zero-order valence-electron chi connectivity index (χ0n) is 10.9. The molecule has 20 heavy (non-hydrogen) atoms. The molecule has 0 bridgehead atoms. The van der Waals surface area contributed by atoms with Crippen molar-refractivity contribution in [2.45, 2.75) is 11.8 Å². The molecule has 0 heterocycles. The fourth-order valence-corrected chi connectivity index (χ4v) is 3.15. The smallest absolute Gasteiger partial charge is 0.138 e. The Labute approximate surface area is 135 Å². The summed E-state index contributed by atoms with van der Waals surface area (Å²) in [6.07, 6.45) is 0. The van der Waals surface area contributed by atoms with Crippen LogP contribution < -0.4 is 4.74 Å². The first kappa shape index (κ1) is 15.6. The van der Waals surface area contributed by atoms with Crippen LogP contribution in [-0.4, -0.2) is 7.11 Å². The molecule has 106 valence electrons. The van der Waals surface area contributed by atoms with E-state index in [1.165, 1.54) is 13.2 Å². The molecule has 2 aromatic rings. The summed E-state index contributed by atoms with van der Waals surface area (Å²) in [4.78, 5) is -0.242. The number of alkyl halides is 1. The van der Waals surface area contributed by atoms with Gasteiger partial charge >= 0.3 is 0 Å². The van der Waals surface area contributed by atoms with Crippen LogP contribution in [0.2, 0.25) is 10.0 Å². The molecule has 1 atom stereocenters. The van der Waals surface area contributed by atoms with Crippen LogP contribution in [0, 0.1) is 12.7 Å². The van der Waals surface area contributed by atoms with Crippen LogP contribution in [0.4, 0.5) is 4.39 Å². The van der Waals surface area contributed by atoms with Crippen molar-refractivity contribution in [3.63, 3.8) is 0 Å². The molecule has 0 aromatic heterocycles. The molecule has 1 unspecified atom stereocenters. The summed E-state index contributed by atoms with van der Waals surface area (Å²) in [6, 6.07) is 8.45. The maximum absolute atomic E-state index is 13.7. The number of benzene rings is 2. The fourth-order valence-electron chi connectivity index (χ4n) is 1.84. The van der Waals surface area contributed by atoms with Gasteiger partial charge in [-0.05, 0) is 35.7 Å². The van der Waals surface area contributed by atoms with Crippen molar-refractivity contribution < 1.29 is 9.13 Å². The van der Waals surface area contributed by atoms with Gasteiger partial charge in [0.15, 0.2) is 0 Å². The third-order valence-electron chi connectivity index (χ3n) is 3.03. The molecule has 2 rings (SSSR count). The monoisotopic (exact) mass is 376 g/mol. The molecule has 0 aliphatic rings. The quantitative estimate of drug-likeness (QED) is 0.602. The third kappa shape index (κ3) is 3.11. The highest BCUT2D eigenvalue weighted by molar-refractivity contribution is 9.09. The second-order valence-electron chi connectivity index (χ2n) is 4.38. The predicted molar refractivity (Wildman–Crippen MR) is 84.9 cm³/mol. The van der Waals surface area contributed by atoms with Gasteiger partial charge in [-0.1, -0.05) is 51.3 Å². The van der Waals surface area contributed by atoms with E-state index in [0.717, 1.165) is 11.1 Å². The first-order valence-electron chi connectivity index (χ1n) is 5.87. The Morgan fingerprint density at radius 1 is 1.15 bits per heavy atom. The van der Waals surface area contributed by atoms with Crippen LogP contribution in [-0.2, 0) is 0 Å². The lowest BCUT2D eigenvalue weighted by atomic mass is 10.0. The Hall–Kier alpha value is -0.770. The van der Waals surface area contributed by atoms with Gasteiger partial charge in [-0.15, -0.1) is 0 Å². The minimum atomic E-state index is -0.248. The van der Waals surface area contributed by atoms with Gasteiger partial charge < -0.3 is 4.74 Å². The average Bonchev–Trinajstić information content (AvgIpc) is 2.43. The third-order valence-corrected chi connectivity index (χ3v) is 4.68. The van der Waals surface area contributed by atoms with Crippen LogP contribution in [0.1, 0.15) is 21.5 Å². The van der Waals surface area contributed by atoms with E-state index in [-0.39, 0.29) is 10.6 Å². The molecule has 0 fully saturated rings. The summed E-state index contributed by atoms with van der Waals surface area (Å²) in [6.45, 7) is 1.72. The van der Waals surface area contributed by atoms with E-state index in [1.54, 1.807) is 25.1 Å². The van der Waals surface area contributed by atoms with Crippen molar-refractivity contribution >= 4 is 39.1 Å². The second kappa shape index (κ2) is 6.33. The minimum Gasteiger partial charge on any atom is -0.495 e. The molecule has 5 heteroatoms. The van der Waals surface area contributed by atoms with E-state index in [9.17, 15) is 4.39 Å². The fraction of sp³-hybridized carbons (Fsp3) is 0.200. The maximum Gasteiger partial charge on any atom is 0.138 e. The van der Waals surface area contributed by atoms with Gasteiger partial charge in [-0.2, -0.15) is 0 Å². The first-order valence-corrected chi connectivity index (χ1v) is 7.54. The Morgan fingerprint density at radius 3 is 2.45 bits per heavy atom. The average molecular weight is 378 g/mol. The highest BCUT2D eigenvalue weighted by Crippen LogP contribution is 2.40. The van der Waals surface area contributed by atoms with Crippen LogP contribution in [0.3, 0.4) is 0 Å². The Bertz CT molecular complexity index is 646.